The Kier molecular flexibility index (Phi) is 5.99. The maximum absolute atomic E-state index is 13.1. The van der Waals surface area contributed by atoms with Gasteiger partial charge >= 0.3 is 16.2 Å². The predicted octanol–water partition coefficient (Wildman–Crippen LogP) is 3.64. The molecule has 0 bridgehead atoms. The number of fused-ring (bicyclic) bond motifs is 6. The van der Waals surface area contributed by atoms with Crippen molar-refractivity contribution in [3.05, 3.63) is 63.9 Å². The van der Waals surface area contributed by atoms with E-state index in [0.29, 0.717) is 30.0 Å². The zero-order valence-electron chi connectivity index (χ0n) is 21.4. The number of amides is 1. The summed E-state index contributed by atoms with van der Waals surface area (Å²) in [6.07, 6.45) is 9.87. The van der Waals surface area contributed by atoms with Gasteiger partial charge in [-0.2, -0.15) is 8.42 Å². The highest BCUT2D eigenvalue weighted by atomic mass is 32.2. The van der Waals surface area contributed by atoms with Gasteiger partial charge in [-0.1, -0.05) is 37.5 Å². The van der Waals surface area contributed by atoms with Crippen molar-refractivity contribution in [1.82, 2.24) is 14.0 Å². The molecule has 1 unspecified atom stereocenters. The number of carboxylic acids is 1. The van der Waals surface area contributed by atoms with Crippen LogP contribution in [0.1, 0.15) is 61.6 Å². The average Bonchev–Trinajstić information content (AvgIpc) is 3.54. The first kappa shape index (κ1) is 24.9. The fourth-order valence-corrected chi connectivity index (χ4v) is 7.18. The highest BCUT2D eigenvalue weighted by Crippen LogP contribution is 2.55. The van der Waals surface area contributed by atoms with Crippen LogP contribution >= 0.6 is 0 Å². The summed E-state index contributed by atoms with van der Waals surface area (Å²) in [5.74, 6) is -1.67. The quantitative estimate of drug-likeness (QED) is 0.516. The topological polar surface area (TPSA) is 127 Å². The van der Waals surface area contributed by atoms with E-state index in [-0.39, 0.29) is 0 Å². The Balaban J connectivity index is 1.58. The number of carbonyl (C=O) groups is 2. The van der Waals surface area contributed by atoms with E-state index in [1.165, 1.54) is 31.9 Å². The van der Waals surface area contributed by atoms with E-state index in [4.69, 9.17) is 4.74 Å². The largest absolute Gasteiger partial charge is 0.496 e. The second-order valence-corrected chi connectivity index (χ2v) is 12.1. The molecule has 1 aromatic carbocycles. The summed E-state index contributed by atoms with van der Waals surface area (Å²) in [6.45, 7) is 0.365. The second-order valence-electron chi connectivity index (χ2n) is 10.5. The summed E-state index contributed by atoms with van der Waals surface area (Å²) >= 11 is 0. The lowest BCUT2D eigenvalue weighted by molar-refractivity contribution is -0.142. The number of hydrogen-bond donors (Lipinski definition) is 3. The molecule has 1 saturated carbocycles. The van der Waals surface area contributed by atoms with Gasteiger partial charge in [-0.25, -0.2) is 9.44 Å². The van der Waals surface area contributed by atoms with Gasteiger partial charge < -0.3 is 14.4 Å². The van der Waals surface area contributed by atoms with Crippen molar-refractivity contribution in [2.24, 2.45) is 5.92 Å². The van der Waals surface area contributed by atoms with Crippen LogP contribution in [0.5, 0.6) is 5.75 Å². The van der Waals surface area contributed by atoms with Gasteiger partial charge in [-0.05, 0) is 59.6 Å². The van der Waals surface area contributed by atoms with Crippen LogP contribution in [0.2, 0.25) is 0 Å². The van der Waals surface area contributed by atoms with E-state index < -0.39 is 33.9 Å². The molecule has 200 valence electrons. The predicted molar refractivity (Wildman–Crippen MR) is 142 cm³/mol. The maximum Gasteiger partial charge on any atom is 0.307 e. The Morgan fingerprint density at radius 3 is 2.61 bits per heavy atom. The van der Waals surface area contributed by atoms with Gasteiger partial charge in [-0.3, -0.25) is 9.59 Å². The molecule has 0 spiro atoms. The van der Waals surface area contributed by atoms with Crippen molar-refractivity contribution in [2.75, 3.05) is 14.2 Å². The molecule has 3 aliphatic carbocycles. The van der Waals surface area contributed by atoms with Crippen molar-refractivity contribution in [1.29, 1.82) is 0 Å². The number of carboxylic acid groups (broad SMARTS) is 1. The summed E-state index contributed by atoms with van der Waals surface area (Å²) in [7, 11) is -1.12. The Bertz CT molecular complexity index is 1570. The van der Waals surface area contributed by atoms with Gasteiger partial charge in [-0.15, -0.1) is 0 Å². The molecule has 9 nitrogen and oxygen atoms in total. The molecular formula is C28H31N3O6S. The Labute approximate surface area is 221 Å². The first-order valence-corrected chi connectivity index (χ1v) is 14.6. The Hall–Kier alpha value is -3.37. The molecule has 1 aliphatic heterocycles. The summed E-state index contributed by atoms with van der Waals surface area (Å²) in [6, 6.07) is 6.20. The van der Waals surface area contributed by atoms with E-state index >= 15 is 0 Å². The third-order valence-corrected chi connectivity index (χ3v) is 9.52. The minimum absolute atomic E-state index is 0.328. The number of hydrogen-bond acceptors (Lipinski definition) is 5. The number of aliphatic carboxylic acids is 1. The van der Waals surface area contributed by atoms with Crippen LogP contribution in [0, 0.1) is 5.92 Å². The zero-order valence-corrected chi connectivity index (χ0v) is 22.2. The standard InChI is InChI=1S/C28H31N3O6S/c1-29-38(35,36)30-27(32)25-20-14-31-21(23-17(24(20)25)9-6-10-18(23)28(33)34)13-19-22(37-2)12-11-16(26(19)31)15-7-4-3-5-8-15/h6,9,11-13,15,18,23,29H,3-5,7-8,10,14H2,1-2H3,(H,30,32)(H,33,34)/t18-,23?/m1/s1. The van der Waals surface area contributed by atoms with Crippen LogP contribution in [0.15, 0.2) is 52.6 Å². The molecule has 6 rings (SSSR count). The first-order chi connectivity index (χ1) is 18.3. The normalized spacial score (nSPS) is 23.0. The Morgan fingerprint density at radius 1 is 1.16 bits per heavy atom. The Morgan fingerprint density at radius 2 is 1.92 bits per heavy atom. The van der Waals surface area contributed by atoms with Crippen molar-refractivity contribution in [3.63, 3.8) is 0 Å². The molecule has 2 atom stereocenters. The molecule has 10 heteroatoms. The van der Waals surface area contributed by atoms with Gasteiger partial charge in [0.15, 0.2) is 0 Å². The van der Waals surface area contributed by atoms with Crippen molar-refractivity contribution >= 4 is 33.0 Å². The number of benzene rings is 1. The molecule has 3 N–H and O–H groups in total. The number of rotatable bonds is 6. The zero-order chi connectivity index (χ0) is 26.8. The third kappa shape index (κ3) is 3.89. The minimum Gasteiger partial charge on any atom is -0.496 e. The van der Waals surface area contributed by atoms with Gasteiger partial charge in [0, 0.05) is 30.6 Å². The lowest BCUT2D eigenvalue weighted by Crippen LogP contribution is -2.38. The van der Waals surface area contributed by atoms with Gasteiger partial charge in [0.05, 0.1) is 24.1 Å². The fourth-order valence-electron chi connectivity index (χ4n) is 6.73. The van der Waals surface area contributed by atoms with E-state index in [9.17, 15) is 23.1 Å². The summed E-state index contributed by atoms with van der Waals surface area (Å²) < 4.78 is 36.2. The SMILES string of the molecule is CNS(=O)(=O)NC(=O)C1=C2Cn3c(cc4c(OC)ccc(C5CCCCC5)c43)C3C(=C21)C=CC[C@H]3C(=O)O. The van der Waals surface area contributed by atoms with Crippen LogP contribution in [-0.4, -0.2) is 44.1 Å². The molecule has 2 heterocycles. The van der Waals surface area contributed by atoms with Gasteiger partial charge in [0.25, 0.3) is 5.91 Å². The molecule has 4 aliphatic rings. The summed E-state index contributed by atoms with van der Waals surface area (Å²) in [5.41, 5.74) is 5.65. The molecule has 38 heavy (non-hydrogen) atoms. The molecular weight excluding hydrogens is 506 g/mol. The fraction of sp³-hybridized carbons (Fsp3) is 0.429. The van der Waals surface area contributed by atoms with E-state index in [2.05, 4.69) is 26.1 Å². The number of nitrogens with one attached hydrogen (secondary N) is 2. The number of allylic oxidation sites excluding steroid dienone is 4. The number of nitrogens with zero attached hydrogens (tertiary/aromatic N) is 1. The highest BCUT2D eigenvalue weighted by molar-refractivity contribution is 7.88. The smallest absolute Gasteiger partial charge is 0.307 e. The monoisotopic (exact) mass is 537 g/mol. The molecule has 2 aromatic rings. The molecule has 1 fully saturated rings. The van der Waals surface area contributed by atoms with Crippen LogP contribution in [0.3, 0.4) is 0 Å². The number of carbonyl (C=O) groups excluding carboxylic acids is 1. The van der Waals surface area contributed by atoms with E-state index in [1.807, 2.05) is 18.2 Å². The van der Waals surface area contributed by atoms with Gasteiger partial charge in [0.2, 0.25) is 0 Å². The van der Waals surface area contributed by atoms with Crippen molar-refractivity contribution in [3.8, 4) is 5.75 Å². The van der Waals surface area contributed by atoms with Crippen LogP contribution < -0.4 is 14.2 Å². The molecule has 1 amide bonds. The van der Waals surface area contributed by atoms with Gasteiger partial charge in [0.1, 0.15) is 5.75 Å². The highest BCUT2D eigenvalue weighted by Gasteiger charge is 2.47. The molecule has 1 aromatic heterocycles. The average molecular weight is 538 g/mol. The summed E-state index contributed by atoms with van der Waals surface area (Å²) in [5, 5.41) is 11.2. The van der Waals surface area contributed by atoms with E-state index in [0.717, 1.165) is 46.3 Å². The maximum atomic E-state index is 13.1. The number of methoxy groups -OCH3 is 1. The lowest BCUT2D eigenvalue weighted by atomic mass is 9.76. The molecule has 0 radical (unpaired) electrons. The minimum atomic E-state index is -3.99. The van der Waals surface area contributed by atoms with Crippen LogP contribution in [0.25, 0.3) is 10.9 Å². The molecule has 0 saturated heterocycles. The number of ether oxygens (including phenoxy) is 1. The first-order valence-electron chi connectivity index (χ1n) is 13.1. The second kappa shape index (κ2) is 9.13. The van der Waals surface area contributed by atoms with Crippen molar-refractivity contribution < 1.29 is 27.9 Å². The summed E-state index contributed by atoms with van der Waals surface area (Å²) in [4.78, 5) is 25.6. The third-order valence-electron chi connectivity index (χ3n) is 8.53. The van der Waals surface area contributed by atoms with E-state index in [1.54, 1.807) is 7.11 Å². The van der Waals surface area contributed by atoms with Crippen LogP contribution in [0.4, 0.5) is 0 Å². The van der Waals surface area contributed by atoms with Crippen LogP contribution in [-0.2, 0) is 26.3 Å². The number of aromatic nitrogens is 1. The van der Waals surface area contributed by atoms with Crippen molar-refractivity contribution in [2.45, 2.75) is 56.9 Å². The lowest BCUT2D eigenvalue weighted by Gasteiger charge is -2.29.